The number of hydrogen-bond donors (Lipinski definition) is 2. The van der Waals surface area contributed by atoms with Crippen LogP contribution in [0.3, 0.4) is 0 Å². The topological polar surface area (TPSA) is 86.8 Å². The summed E-state index contributed by atoms with van der Waals surface area (Å²) in [5.74, 6) is 0.590. The first-order chi connectivity index (χ1) is 14.3. The van der Waals surface area contributed by atoms with Gasteiger partial charge in [0.15, 0.2) is 5.82 Å². The number of anilines is 1. The molecule has 0 bridgehead atoms. The van der Waals surface area contributed by atoms with E-state index in [9.17, 15) is 18.0 Å². The van der Waals surface area contributed by atoms with E-state index in [2.05, 4.69) is 19.9 Å². The molecule has 156 valence electrons. The number of carbonyl (C=O) groups is 1. The van der Waals surface area contributed by atoms with Crippen LogP contribution in [0.25, 0.3) is 22.4 Å². The quantitative estimate of drug-likeness (QED) is 0.655. The third-order valence-electron chi connectivity index (χ3n) is 5.51. The predicted molar refractivity (Wildman–Crippen MR) is 104 cm³/mol. The Kier molecular flexibility index (Phi) is 4.35. The fraction of sp³-hybridized carbons (Fsp3) is 0.368. The first kappa shape index (κ1) is 19.1. The lowest BCUT2D eigenvalue weighted by molar-refractivity contribution is -0.139. The first-order valence-electron chi connectivity index (χ1n) is 9.39. The van der Waals surface area contributed by atoms with Gasteiger partial charge in [-0.15, -0.1) is 0 Å². The van der Waals surface area contributed by atoms with E-state index in [0.717, 1.165) is 11.8 Å². The number of carbonyl (C=O) groups excluding carboxylic acids is 1. The minimum atomic E-state index is -4.45. The summed E-state index contributed by atoms with van der Waals surface area (Å²) in [4.78, 5) is 30.5. The lowest BCUT2D eigenvalue weighted by Crippen LogP contribution is -2.48. The zero-order valence-electron chi connectivity index (χ0n) is 15.4. The van der Waals surface area contributed by atoms with Crippen LogP contribution >= 0.6 is 11.6 Å². The highest BCUT2D eigenvalue weighted by molar-refractivity contribution is 6.31. The van der Waals surface area contributed by atoms with Gasteiger partial charge in [0.25, 0.3) is 0 Å². The highest BCUT2D eigenvalue weighted by Crippen LogP contribution is 2.49. The van der Waals surface area contributed by atoms with Crippen LogP contribution in [0.4, 0.5) is 19.0 Å². The molecule has 0 aromatic carbocycles. The monoisotopic (exact) mass is 436 g/mol. The number of aromatic amines is 1. The van der Waals surface area contributed by atoms with Crippen LogP contribution in [0.1, 0.15) is 12.8 Å². The van der Waals surface area contributed by atoms with Crippen LogP contribution in [-0.2, 0) is 4.79 Å². The fourth-order valence-corrected chi connectivity index (χ4v) is 4.27. The van der Waals surface area contributed by atoms with Crippen LogP contribution in [-0.4, -0.2) is 50.6 Å². The fourth-order valence-electron chi connectivity index (χ4n) is 4.11. The number of hydrogen-bond acceptors (Lipinski definition) is 5. The average molecular weight is 437 g/mol. The molecular formula is C19H16ClF3N6O. The van der Waals surface area contributed by atoms with Crippen LogP contribution in [0, 0.1) is 5.92 Å². The van der Waals surface area contributed by atoms with Crippen molar-refractivity contribution in [2.24, 2.45) is 5.92 Å². The van der Waals surface area contributed by atoms with E-state index in [1.165, 1.54) is 6.20 Å². The number of rotatable bonds is 4. The van der Waals surface area contributed by atoms with Gasteiger partial charge in [-0.2, -0.15) is 13.2 Å². The molecule has 3 aromatic rings. The minimum absolute atomic E-state index is 0.105. The summed E-state index contributed by atoms with van der Waals surface area (Å²) in [6.07, 6.45) is 1.80. The zero-order chi connectivity index (χ0) is 21.0. The summed E-state index contributed by atoms with van der Waals surface area (Å²) >= 11 is 6.06. The maximum atomic E-state index is 12.5. The smallest absolute Gasteiger partial charge is 0.345 e. The third-order valence-corrected chi connectivity index (χ3v) is 5.72. The second-order valence-corrected chi connectivity index (χ2v) is 7.98. The van der Waals surface area contributed by atoms with E-state index in [0.29, 0.717) is 40.2 Å². The number of H-pyrrole nitrogens is 1. The molecule has 0 radical (unpaired) electrons. The Bertz CT molecular complexity index is 1130. The molecule has 4 heterocycles. The first-order valence-corrected chi connectivity index (χ1v) is 9.77. The van der Waals surface area contributed by atoms with Crippen LogP contribution in [0.15, 0.2) is 30.7 Å². The average Bonchev–Trinajstić information content (AvgIpc) is 3.17. The molecule has 1 aliphatic carbocycles. The maximum absolute atomic E-state index is 12.5. The van der Waals surface area contributed by atoms with Crippen molar-refractivity contribution >= 4 is 34.4 Å². The summed E-state index contributed by atoms with van der Waals surface area (Å²) in [5.41, 5.74) is 1.34. The molecular weight excluding hydrogens is 421 g/mol. The van der Waals surface area contributed by atoms with Gasteiger partial charge >= 0.3 is 6.18 Å². The van der Waals surface area contributed by atoms with E-state index in [-0.39, 0.29) is 6.04 Å². The second kappa shape index (κ2) is 6.83. The van der Waals surface area contributed by atoms with Crippen molar-refractivity contribution in [1.82, 2.24) is 25.3 Å². The third kappa shape index (κ3) is 3.45. The number of amides is 1. The van der Waals surface area contributed by atoms with Crippen molar-refractivity contribution in [3.8, 4) is 11.4 Å². The minimum Gasteiger partial charge on any atom is -0.345 e. The van der Waals surface area contributed by atoms with Crippen LogP contribution in [0.2, 0.25) is 5.02 Å². The maximum Gasteiger partial charge on any atom is 0.405 e. The molecule has 3 aromatic heterocycles. The predicted octanol–water partition coefficient (Wildman–Crippen LogP) is 3.32. The van der Waals surface area contributed by atoms with Gasteiger partial charge in [-0.25, -0.2) is 15.0 Å². The van der Waals surface area contributed by atoms with Crippen molar-refractivity contribution in [3.63, 3.8) is 0 Å². The molecule has 2 fully saturated rings. The Hall–Kier alpha value is -2.88. The summed E-state index contributed by atoms with van der Waals surface area (Å²) < 4.78 is 37.5. The molecule has 5 rings (SSSR count). The van der Waals surface area contributed by atoms with E-state index in [1.54, 1.807) is 24.5 Å². The van der Waals surface area contributed by atoms with Crippen LogP contribution < -0.4 is 10.2 Å². The van der Waals surface area contributed by atoms with Crippen LogP contribution in [0.5, 0.6) is 0 Å². The van der Waals surface area contributed by atoms with Gasteiger partial charge in [0.2, 0.25) is 5.91 Å². The van der Waals surface area contributed by atoms with Gasteiger partial charge in [-0.1, -0.05) is 11.6 Å². The molecule has 0 unspecified atom stereocenters. The van der Waals surface area contributed by atoms with E-state index in [1.807, 2.05) is 10.2 Å². The largest absolute Gasteiger partial charge is 0.405 e. The molecule has 3 atom stereocenters. The SMILES string of the molecule is O=C(NCC(F)(F)F)[C@H]1C[C@@H]2C[C@H]2N1c1ccnc(-c2c[nH]c3ncc(Cl)cc23)n1. The van der Waals surface area contributed by atoms with Gasteiger partial charge in [0.1, 0.15) is 24.1 Å². The summed E-state index contributed by atoms with van der Waals surface area (Å²) in [7, 11) is 0. The normalized spacial score (nSPS) is 22.9. The molecule has 0 spiro atoms. The number of alkyl halides is 3. The molecule has 1 saturated heterocycles. The number of nitrogens with zero attached hydrogens (tertiary/aromatic N) is 4. The molecule has 2 N–H and O–H groups in total. The molecule has 11 heteroatoms. The lowest BCUT2D eigenvalue weighted by atomic mass is 10.1. The van der Waals surface area contributed by atoms with Crippen molar-refractivity contribution in [3.05, 3.63) is 35.7 Å². The number of nitrogens with one attached hydrogen (secondary N) is 2. The van der Waals surface area contributed by atoms with Gasteiger partial charge in [-0.05, 0) is 30.9 Å². The summed E-state index contributed by atoms with van der Waals surface area (Å²) in [6, 6.07) is 2.85. The second-order valence-electron chi connectivity index (χ2n) is 7.55. The number of piperidine rings is 1. The molecule has 1 saturated carbocycles. The number of fused-ring (bicyclic) bond motifs is 2. The van der Waals surface area contributed by atoms with Gasteiger partial charge < -0.3 is 15.2 Å². The van der Waals surface area contributed by atoms with E-state index >= 15 is 0 Å². The van der Waals surface area contributed by atoms with Crippen molar-refractivity contribution in [2.45, 2.75) is 31.1 Å². The van der Waals surface area contributed by atoms with Crippen molar-refractivity contribution < 1.29 is 18.0 Å². The highest BCUT2D eigenvalue weighted by atomic mass is 35.5. The number of halogens is 4. The Labute approximate surface area is 173 Å². The lowest BCUT2D eigenvalue weighted by Gasteiger charge is -2.28. The number of aromatic nitrogens is 4. The van der Waals surface area contributed by atoms with Gasteiger partial charge in [0, 0.05) is 35.6 Å². The standard InChI is InChI=1S/C19H16ClF3N6O/c20-10-5-11-12(7-26-16(11)25-6-10)17-24-2-1-15(28-17)29-13-3-9(13)4-14(29)18(30)27-8-19(21,22)23/h1-2,5-7,9,13-14H,3-4,8H2,(H,25,26)(H,27,30)/t9-,13+,14+/m0/s1. The molecule has 30 heavy (non-hydrogen) atoms. The summed E-state index contributed by atoms with van der Waals surface area (Å²) in [6.45, 7) is -1.34. The Morgan fingerprint density at radius 1 is 1.33 bits per heavy atom. The molecule has 1 amide bonds. The number of pyridine rings is 1. The van der Waals surface area contributed by atoms with E-state index < -0.39 is 24.7 Å². The Balaban J connectivity index is 1.45. The van der Waals surface area contributed by atoms with Crippen molar-refractivity contribution in [1.29, 1.82) is 0 Å². The van der Waals surface area contributed by atoms with Crippen molar-refractivity contribution in [2.75, 3.05) is 11.4 Å². The Morgan fingerprint density at radius 2 is 2.17 bits per heavy atom. The van der Waals surface area contributed by atoms with Gasteiger partial charge in [-0.3, -0.25) is 4.79 Å². The molecule has 1 aliphatic heterocycles. The molecule has 7 nitrogen and oxygen atoms in total. The zero-order valence-corrected chi connectivity index (χ0v) is 16.2. The summed E-state index contributed by atoms with van der Waals surface area (Å²) in [5, 5.41) is 3.23. The highest BCUT2D eigenvalue weighted by Gasteiger charge is 2.55. The Morgan fingerprint density at radius 3 is 2.97 bits per heavy atom. The van der Waals surface area contributed by atoms with E-state index in [4.69, 9.17) is 11.6 Å². The molecule has 2 aliphatic rings. The van der Waals surface area contributed by atoms with Gasteiger partial charge in [0.05, 0.1) is 5.02 Å².